The molecule has 2 saturated heterocycles. The van der Waals surface area contributed by atoms with Gasteiger partial charge >= 0.3 is 5.97 Å². The Balaban J connectivity index is 1.67. The van der Waals surface area contributed by atoms with Crippen LogP contribution in [-0.4, -0.2) is 65.9 Å². The van der Waals surface area contributed by atoms with Gasteiger partial charge in [-0.2, -0.15) is 0 Å². The lowest BCUT2D eigenvalue weighted by atomic mass is 10.0. The number of carboxylic acid groups (broad SMARTS) is 1. The molecule has 7 heteroatoms. The Morgan fingerprint density at radius 3 is 2.78 bits per heavy atom. The number of aryl methyl sites for hydroxylation is 1. The molecule has 0 unspecified atom stereocenters. The van der Waals surface area contributed by atoms with Crippen LogP contribution in [0.25, 0.3) is 10.9 Å². The molecule has 0 saturated carbocycles. The Morgan fingerprint density at radius 1 is 1.30 bits per heavy atom. The van der Waals surface area contributed by atoms with E-state index in [4.69, 9.17) is 15.5 Å². The van der Waals surface area contributed by atoms with Crippen molar-refractivity contribution in [3.63, 3.8) is 0 Å². The number of nitrogens with zero attached hydrogens (tertiary/aromatic N) is 3. The third kappa shape index (κ3) is 3.63. The van der Waals surface area contributed by atoms with E-state index in [1.54, 1.807) is 0 Å². The molecule has 0 aliphatic carbocycles. The number of rotatable bonds is 4. The maximum absolute atomic E-state index is 11.5. The molecule has 3 heterocycles. The summed E-state index contributed by atoms with van der Waals surface area (Å²) in [5, 5.41) is 10.5. The number of anilines is 1. The van der Waals surface area contributed by atoms with Gasteiger partial charge in [0.2, 0.25) is 0 Å². The van der Waals surface area contributed by atoms with Crippen LogP contribution in [0.2, 0.25) is 0 Å². The van der Waals surface area contributed by atoms with Crippen molar-refractivity contribution in [2.45, 2.75) is 25.4 Å². The van der Waals surface area contributed by atoms with Crippen molar-refractivity contribution >= 4 is 22.7 Å². The van der Waals surface area contributed by atoms with E-state index in [-0.39, 0.29) is 0 Å². The van der Waals surface area contributed by atoms with Crippen LogP contribution >= 0.6 is 0 Å². The average Bonchev–Trinajstić information content (AvgIpc) is 3.04. The fourth-order valence-corrected chi connectivity index (χ4v) is 3.94. The first-order valence-electron chi connectivity index (χ1n) is 9.42. The van der Waals surface area contributed by atoms with Gasteiger partial charge < -0.3 is 20.5 Å². The molecule has 2 fully saturated rings. The molecule has 4 rings (SSSR count). The summed E-state index contributed by atoms with van der Waals surface area (Å²) >= 11 is 0. The van der Waals surface area contributed by atoms with Crippen molar-refractivity contribution in [1.29, 1.82) is 0 Å². The second-order valence-corrected chi connectivity index (χ2v) is 7.69. The Hall–Kier alpha value is -2.22. The first-order chi connectivity index (χ1) is 12.9. The molecule has 2 aromatic rings. The molecule has 0 radical (unpaired) electrons. The molecule has 0 amide bonds. The third-order valence-electron chi connectivity index (χ3n) is 5.54. The van der Waals surface area contributed by atoms with E-state index in [0.29, 0.717) is 39.3 Å². The van der Waals surface area contributed by atoms with Gasteiger partial charge in [-0.3, -0.25) is 9.69 Å². The first kappa shape index (κ1) is 18.2. The third-order valence-corrected chi connectivity index (χ3v) is 5.54. The fourth-order valence-electron chi connectivity index (χ4n) is 3.94. The second kappa shape index (κ2) is 7.07. The number of pyridine rings is 1. The zero-order valence-corrected chi connectivity index (χ0v) is 15.6. The van der Waals surface area contributed by atoms with E-state index >= 15 is 0 Å². The monoisotopic (exact) mass is 370 g/mol. The number of hydrogen-bond acceptors (Lipinski definition) is 6. The number of carbonyl (C=O) groups is 1. The normalized spacial score (nSPS) is 23.9. The SMILES string of the molecule is Cc1ccc2cc(CN3CC[C@@](N)(C(=O)O)C3)c(N3CCOCC3)nc2c1. The van der Waals surface area contributed by atoms with Crippen molar-refractivity contribution in [2.75, 3.05) is 44.3 Å². The van der Waals surface area contributed by atoms with Crippen LogP contribution in [0.5, 0.6) is 0 Å². The molecule has 0 bridgehead atoms. The summed E-state index contributed by atoms with van der Waals surface area (Å²) in [4.78, 5) is 20.8. The van der Waals surface area contributed by atoms with Crippen LogP contribution in [0, 0.1) is 6.92 Å². The number of carboxylic acids is 1. The molecule has 7 nitrogen and oxygen atoms in total. The summed E-state index contributed by atoms with van der Waals surface area (Å²) in [6.07, 6.45) is 0.468. The molecular formula is C20H26N4O3. The highest BCUT2D eigenvalue weighted by Gasteiger charge is 2.41. The Morgan fingerprint density at radius 2 is 2.07 bits per heavy atom. The number of benzene rings is 1. The van der Waals surface area contributed by atoms with Crippen LogP contribution in [-0.2, 0) is 16.1 Å². The molecule has 2 aliphatic heterocycles. The maximum atomic E-state index is 11.5. The fraction of sp³-hybridized carbons (Fsp3) is 0.500. The summed E-state index contributed by atoms with van der Waals surface area (Å²) in [5.41, 5.74) is 8.18. The number of nitrogens with two attached hydrogens (primary N) is 1. The molecule has 1 aromatic heterocycles. The van der Waals surface area contributed by atoms with Crippen LogP contribution in [0.1, 0.15) is 17.5 Å². The average molecular weight is 370 g/mol. The van der Waals surface area contributed by atoms with Gasteiger partial charge in [-0.1, -0.05) is 12.1 Å². The molecule has 1 atom stereocenters. The molecule has 1 aromatic carbocycles. The second-order valence-electron chi connectivity index (χ2n) is 7.69. The van der Waals surface area contributed by atoms with Crippen molar-refractivity contribution in [3.05, 3.63) is 35.4 Å². The van der Waals surface area contributed by atoms with Gasteiger partial charge in [0.05, 0.1) is 18.7 Å². The van der Waals surface area contributed by atoms with E-state index in [0.717, 1.165) is 35.4 Å². The number of fused-ring (bicyclic) bond motifs is 1. The van der Waals surface area contributed by atoms with Gasteiger partial charge in [-0.15, -0.1) is 0 Å². The molecule has 27 heavy (non-hydrogen) atoms. The molecule has 0 spiro atoms. The van der Waals surface area contributed by atoms with Gasteiger partial charge in [0.15, 0.2) is 0 Å². The van der Waals surface area contributed by atoms with Crippen LogP contribution in [0.15, 0.2) is 24.3 Å². The van der Waals surface area contributed by atoms with Crippen LogP contribution in [0.3, 0.4) is 0 Å². The quantitative estimate of drug-likeness (QED) is 0.840. The minimum absolute atomic E-state index is 0.358. The minimum Gasteiger partial charge on any atom is -0.480 e. The number of aliphatic carboxylic acids is 1. The summed E-state index contributed by atoms with van der Waals surface area (Å²) < 4.78 is 5.49. The Kier molecular flexibility index (Phi) is 4.75. The Bertz CT molecular complexity index is 866. The number of aromatic nitrogens is 1. The lowest BCUT2D eigenvalue weighted by molar-refractivity contribution is -0.142. The smallest absolute Gasteiger partial charge is 0.325 e. The van der Waals surface area contributed by atoms with E-state index in [9.17, 15) is 9.90 Å². The Labute approximate surface area is 158 Å². The highest BCUT2D eigenvalue weighted by Crippen LogP contribution is 2.29. The van der Waals surface area contributed by atoms with Gasteiger partial charge in [-0.05, 0) is 31.0 Å². The van der Waals surface area contributed by atoms with Gasteiger partial charge in [0, 0.05) is 43.7 Å². The predicted octanol–water partition coefficient (Wildman–Crippen LogP) is 1.37. The molecule has 2 aliphatic rings. The van der Waals surface area contributed by atoms with Crippen LogP contribution < -0.4 is 10.6 Å². The number of likely N-dealkylation sites (tertiary alicyclic amines) is 1. The highest BCUT2D eigenvalue weighted by molar-refractivity contribution is 5.82. The van der Waals surface area contributed by atoms with Gasteiger partial charge in [0.1, 0.15) is 11.4 Å². The van der Waals surface area contributed by atoms with E-state index in [2.05, 4.69) is 41.0 Å². The molecular weight excluding hydrogens is 344 g/mol. The number of hydrogen-bond donors (Lipinski definition) is 2. The molecule has 3 N–H and O–H groups in total. The van der Waals surface area contributed by atoms with E-state index < -0.39 is 11.5 Å². The highest BCUT2D eigenvalue weighted by atomic mass is 16.5. The van der Waals surface area contributed by atoms with Crippen molar-refractivity contribution < 1.29 is 14.6 Å². The van der Waals surface area contributed by atoms with Crippen LogP contribution in [0.4, 0.5) is 5.82 Å². The maximum Gasteiger partial charge on any atom is 0.325 e. The topological polar surface area (TPSA) is 91.9 Å². The largest absolute Gasteiger partial charge is 0.480 e. The standard InChI is InChI=1S/C20H26N4O3/c1-14-2-3-15-11-16(12-23-5-4-20(21,13-23)19(25)26)18(22-17(15)10-14)24-6-8-27-9-7-24/h2-3,10-11H,4-9,12-13,21H2,1H3,(H,25,26)/t20-/m0/s1. The number of ether oxygens (including phenoxy) is 1. The lowest BCUT2D eigenvalue weighted by Crippen LogP contribution is -2.50. The summed E-state index contributed by atoms with van der Waals surface area (Å²) in [6, 6.07) is 8.48. The van der Waals surface area contributed by atoms with E-state index in [1.165, 1.54) is 5.56 Å². The first-order valence-corrected chi connectivity index (χ1v) is 9.42. The minimum atomic E-state index is -1.15. The summed E-state index contributed by atoms with van der Waals surface area (Å²) in [7, 11) is 0. The number of morpholine rings is 1. The molecule has 144 valence electrons. The van der Waals surface area contributed by atoms with Gasteiger partial charge in [0.25, 0.3) is 0 Å². The van der Waals surface area contributed by atoms with Gasteiger partial charge in [-0.25, -0.2) is 4.98 Å². The van der Waals surface area contributed by atoms with Crippen molar-refractivity contribution in [1.82, 2.24) is 9.88 Å². The van der Waals surface area contributed by atoms with E-state index in [1.807, 2.05) is 0 Å². The zero-order valence-electron chi connectivity index (χ0n) is 15.6. The zero-order chi connectivity index (χ0) is 19.0. The van der Waals surface area contributed by atoms with Crippen molar-refractivity contribution in [3.8, 4) is 0 Å². The van der Waals surface area contributed by atoms with Crippen molar-refractivity contribution in [2.24, 2.45) is 5.73 Å². The lowest BCUT2D eigenvalue weighted by Gasteiger charge is -2.31. The summed E-state index contributed by atoms with van der Waals surface area (Å²) in [6.45, 7) is 6.77. The predicted molar refractivity (Wildman–Crippen MR) is 104 cm³/mol. The summed E-state index contributed by atoms with van der Waals surface area (Å²) in [5.74, 6) is 0.0479.